The first-order valence-electron chi connectivity index (χ1n) is 11.6. The van der Waals surface area contributed by atoms with Crippen molar-refractivity contribution in [3.63, 3.8) is 0 Å². The Morgan fingerprint density at radius 1 is 0.943 bits per heavy atom. The Hall–Kier alpha value is -3.90. The van der Waals surface area contributed by atoms with Crippen LogP contribution in [0, 0.1) is 0 Å². The molecule has 0 spiro atoms. The minimum Gasteiger partial charge on any atom is -0.493 e. The fourth-order valence-corrected chi connectivity index (χ4v) is 6.12. The van der Waals surface area contributed by atoms with Gasteiger partial charge in [0.25, 0.3) is 5.56 Å². The number of para-hydroxylation sites is 1. The molecule has 0 radical (unpaired) electrons. The van der Waals surface area contributed by atoms with Gasteiger partial charge in [-0.15, -0.1) is 0 Å². The van der Waals surface area contributed by atoms with Gasteiger partial charge in [-0.3, -0.25) is 9.36 Å². The highest BCUT2D eigenvalue weighted by molar-refractivity contribution is 7.07. The third kappa shape index (κ3) is 3.53. The number of allylic oxidation sites excluding steroid dienone is 1. The van der Waals surface area contributed by atoms with E-state index in [0.29, 0.717) is 20.8 Å². The van der Waals surface area contributed by atoms with E-state index in [9.17, 15) is 4.79 Å². The molecule has 2 aliphatic rings. The van der Waals surface area contributed by atoms with Crippen LogP contribution < -0.4 is 24.4 Å². The van der Waals surface area contributed by atoms with Gasteiger partial charge in [-0.25, -0.2) is 4.99 Å². The lowest BCUT2D eigenvalue weighted by atomic mass is 9.83. The zero-order valence-electron chi connectivity index (χ0n) is 19.5. The molecule has 0 saturated carbocycles. The molecule has 1 aliphatic carbocycles. The molecule has 0 amide bonds. The second-order valence-electron chi connectivity index (χ2n) is 8.61. The molecule has 2 heterocycles. The van der Waals surface area contributed by atoms with Gasteiger partial charge in [0.1, 0.15) is 0 Å². The number of methoxy groups -OCH3 is 2. The molecule has 1 aromatic heterocycles. The summed E-state index contributed by atoms with van der Waals surface area (Å²) < 4.78 is 13.5. The number of thiazole rings is 1. The maximum atomic E-state index is 13.9. The van der Waals surface area contributed by atoms with Crippen LogP contribution in [0.2, 0.25) is 0 Å². The van der Waals surface area contributed by atoms with Crippen molar-refractivity contribution in [3.05, 3.63) is 120 Å². The van der Waals surface area contributed by atoms with Crippen molar-refractivity contribution < 1.29 is 9.47 Å². The summed E-state index contributed by atoms with van der Waals surface area (Å²) in [6.07, 6.45) is 3.70. The van der Waals surface area contributed by atoms with Crippen LogP contribution in [0.3, 0.4) is 0 Å². The lowest BCUT2D eigenvalue weighted by Gasteiger charge is -2.30. The van der Waals surface area contributed by atoms with E-state index in [2.05, 4.69) is 36.4 Å². The SMILES string of the molecule is COc1cccc(C=c2sc3n(c2=O)C(c2ccccc2)C2=C(N=3)c3ccccc3CC2)c1OC. The molecule has 0 fully saturated rings. The van der Waals surface area contributed by atoms with Gasteiger partial charge >= 0.3 is 0 Å². The highest BCUT2D eigenvalue weighted by Crippen LogP contribution is 2.41. The standard InChI is InChI=1S/C29H24N2O3S/c1-33-23-14-8-12-20(27(23)34-2)17-24-28(32)31-26(19-10-4-3-5-11-19)22-16-15-18-9-6-7-13-21(18)25(22)30-29(31)35-24/h3-14,17,26H,15-16H2,1-2H3. The van der Waals surface area contributed by atoms with Gasteiger partial charge in [0.05, 0.1) is 30.5 Å². The zero-order chi connectivity index (χ0) is 23.9. The van der Waals surface area contributed by atoms with Gasteiger partial charge < -0.3 is 9.47 Å². The molecule has 0 saturated heterocycles. The summed E-state index contributed by atoms with van der Waals surface area (Å²) in [6, 6.07) is 24.2. The summed E-state index contributed by atoms with van der Waals surface area (Å²) in [7, 11) is 3.22. The number of rotatable bonds is 4. The third-order valence-corrected chi connectivity index (χ3v) is 7.69. The van der Waals surface area contributed by atoms with Gasteiger partial charge in [-0.05, 0) is 41.7 Å². The highest BCUT2D eigenvalue weighted by atomic mass is 32.1. The van der Waals surface area contributed by atoms with Gasteiger partial charge in [0.2, 0.25) is 0 Å². The lowest BCUT2D eigenvalue weighted by Crippen LogP contribution is -2.38. The van der Waals surface area contributed by atoms with Crippen molar-refractivity contribution in [2.45, 2.75) is 18.9 Å². The Labute approximate surface area is 206 Å². The van der Waals surface area contributed by atoms with Crippen molar-refractivity contribution in [1.82, 2.24) is 4.57 Å². The summed E-state index contributed by atoms with van der Waals surface area (Å²) in [6.45, 7) is 0. The van der Waals surface area contributed by atoms with E-state index in [4.69, 9.17) is 14.5 Å². The van der Waals surface area contributed by atoms with E-state index in [0.717, 1.165) is 29.7 Å². The number of hydrogen-bond donors (Lipinski definition) is 0. The van der Waals surface area contributed by atoms with Crippen molar-refractivity contribution >= 4 is 23.1 Å². The molecule has 35 heavy (non-hydrogen) atoms. The van der Waals surface area contributed by atoms with E-state index < -0.39 is 0 Å². The second-order valence-corrected chi connectivity index (χ2v) is 9.62. The van der Waals surface area contributed by atoms with E-state index in [1.807, 2.05) is 47.0 Å². The molecule has 0 bridgehead atoms. The van der Waals surface area contributed by atoms with Gasteiger partial charge in [-0.1, -0.05) is 78.1 Å². The molecule has 1 unspecified atom stereocenters. The molecule has 6 rings (SSSR count). The molecule has 4 aromatic rings. The van der Waals surface area contributed by atoms with Gasteiger partial charge in [0.15, 0.2) is 16.3 Å². The first-order valence-corrected chi connectivity index (χ1v) is 12.4. The summed E-state index contributed by atoms with van der Waals surface area (Å²) in [5.74, 6) is 1.23. The minimum absolute atomic E-state index is 0.0436. The maximum Gasteiger partial charge on any atom is 0.271 e. The van der Waals surface area contributed by atoms with Crippen molar-refractivity contribution in [3.8, 4) is 11.5 Å². The Morgan fingerprint density at radius 3 is 2.54 bits per heavy atom. The van der Waals surface area contributed by atoms with Crippen LogP contribution in [0.25, 0.3) is 11.8 Å². The first kappa shape index (κ1) is 21.6. The molecular formula is C29H24N2O3S. The first-order chi connectivity index (χ1) is 17.2. The van der Waals surface area contributed by atoms with Crippen LogP contribution in [0.5, 0.6) is 11.5 Å². The van der Waals surface area contributed by atoms with Crippen LogP contribution in [0.4, 0.5) is 0 Å². The summed E-state index contributed by atoms with van der Waals surface area (Å²) >= 11 is 1.42. The topological polar surface area (TPSA) is 52.8 Å². The van der Waals surface area contributed by atoms with Crippen LogP contribution in [0.1, 0.15) is 34.7 Å². The number of aryl methyl sites for hydroxylation is 1. The second kappa shape index (κ2) is 8.71. The molecule has 1 atom stereocenters. The minimum atomic E-state index is -0.176. The molecule has 1 aliphatic heterocycles. The Kier molecular flexibility index (Phi) is 5.38. The molecule has 5 nitrogen and oxygen atoms in total. The highest BCUT2D eigenvalue weighted by Gasteiger charge is 2.32. The zero-order valence-corrected chi connectivity index (χ0v) is 20.3. The number of fused-ring (bicyclic) bond motifs is 3. The van der Waals surface area contributed by atoms with Crippen LogP contribution in [0.15, 0.2) is 88.2 Å². The van der Waals surface area contributed by atoms with Gasteiger partial charge in [-0.2, -0.15) is 0 Å². The fraction of sp³-hybridized carbons (Fsp3) is 0.172. The third-order valence-electron chi connectivity index (χ3n) is 6.71. The summed E-state index contributed by atoms with van der Waals surface area (Å²) in [5, 5.41) is 0. The number of benzene rings is 3. The van der Waals surface area contributed by atoms with E-state index >= 15 is 0 Å². The van der Waals surface area contributed by atoms with E-state index in [-0.39, 0.29) is 11.6 Å². The molecule has 0 N–H and O–H groups in total. The number of hydrogen-bond acceptors (Lipinski definition) is 5. The fourth-order valence-electron chi connectivity index (χ4n) is 5.12. The van der Waals surface area contributed by atoms with Crippen molar-refractivity contribution in [2.24, 2.45) is 4.99 Å². The molecular weight excluding hydrogens is 456 g/mol. The Balaban J connectivity index is 1.62. The predicted molar refractivity (Wildman–Crippen MR) is 139 cm³/mol. The van der Waals surface area contributed by atoms with Crippen LogP contribution in [-0.4, -0.2) is 18.8 Å². The van der Waals surface area contributed by atoms with Crippen molar-refractivity contribution in [1.29, 1.82) is 0 Å². The lowest BCUT2D eigenvalue weighted by molar-refractivity contribution is 0.354. The van der Waals surface area contributed by atoms with Crippen LogP contribution in [-0.2, 0) is 6.42 Å². The largest absolute Gasteiger partial charge is 0.493 e. The average molecular weight is 481 g/mol. The van der Waals surface area contributed by atoms with Crippen LogP contribution >= 0.6 is 11.3 Å². The maximum absolute atomic E-state index is 13.9. The number of aromatic nitrogens is 1. The molecule has 3 aromatic carbocycles. The number of ether oxygens (including phenoxy) is 2. The summed E-state index contributed by atoms with van der Waals surface area (Å²) in [5.41, 5.74) is 6.53. The monoisotopic (exact) mass is 480 g/mol. The molecule has 174 valence electrons. The quantitative estimate of drug-likeness (QED) is 0.437. The Bertz CT molecular complexity index is 1650. The normalized spacial score (nSPS) is 16.7. The van der Waals surface area contributed by atoms with E-state index in [1.165, 1.54) is 28.0 Å². The van der Waals surface area contributed by atoms with Gasteiger partial charge in [0, 0.05) is 11.1 Å². The molecule has 6 heteroatoms. The summed E-state index contributed by atoms with van der Waals surface area (Å²) in [4.78, 5) is 19.6. The smallest absolute Gasteiger partial charge is 0.271 e. The predicted octanol–water partition coefficient (Wildman–Crippen LogP) is 4.34. The number of nitrogens with zero attached hydrogens (tertiary/aromatic N) is 2. The average Bonchev–Trinajstić information content (AvgIpc) is 3.22. The van der Waals surface area contributed by atoms with Crippen molar-refractivity contribution in [2.75, 3.05) is 14.2 Å². The Morgan fingerprint density at radius 2 is 1.74 bits per heavy atom. The van der Waals surface area contributed by atoms with E-state index in [1.54, 1.807) is 14.2 Å².